The van der Waals surface area contributed by atoms with Crippen molar-refractivity contribution in [1.82, 2.24) is 4.98 Å². The number of ether oxygens (including phenoxy) is 1. The van der Waals surface area contributed by atoms with E-state index in [1.807, 2.05) is 26.8 Å². The number of rotatable bonds is 4. The zero-order chi connectivity index (χ0) is 22.5. The Labute approximate surface area is 180 Å². The maximum absolute atomic E-state index is 12.8. The number of aryl methyl sites for hydroxylation is 2. The number of nitrogens with one attached hydrogen (secondary N) is 1. The number of benzene rings is 2. The Hall–Kier alpha value is -3.17. The first-order chi connectivity index (χ1) is 14.6. The van der Waals surface area contributed by atoms with Crippen LogP contribution in [0, 0.1) is 13.8 Å². The summed E-state index contributed by atoms with van der Waals surface area (Å²) in [7, 11) is -3.82. The lowest BCUT2D eigenvalue weighted by Gasteiger charge is -2.22. The van der Waals surface area contributed by atoms with Gasteiger partial charge < -0.3 is 14.6 Å². The van der Waals surface area contributed by atoms with Gasteiger partial charge in [0.2, 0.25) is 10.0 Å². The fraction of sp³-hybridized carbons (Fsp3) is 0.273. The maximum atomic E-state index is 12.8. The molecule has 8 nitrogen and oxygen atoms in total. The van der Waals surface area contributed by atoms with Crippen LogP contribution in [0.5, 0.6) is 0 Å². The van der Waals surface area contributed by atoms with Gasteiger partial charge in [0.05, 0.1) is 10.5 Å². The average molecular weight is 442 g/mol. The molecule has 0 bridgehead atoms. The molecule has 4 rings (SSSR count). The fourth-order valence-electron chi connectivity index (χ4n) is 4.03. The van der Waals surface area contributed by atoms with E-state index in [2.05, 4.69) is 4.98 Å². The first-order valence-corrected chi connectivity index (χ1v) is 11.3. The van der Waals surface area contributed by atoms with Crippen molar-refractivity contribution in [2.24, 2.45) is 5.14 Å². The van der Waals surface area contributed by atoms with Crippen LogP contribution < -0.4 is 10.0 Å². The molecule has 1 amide bonds. The predicted molar refractivity (Wildman–Crippen MR) is 117 cm³/mol. The summed E-state index contributed by atoms with van der Waals surface area (Å²) < 4.78 is 28.5. The van der Waals surface area contributed by atoms with Crippen LogP contribution in [0.4, 0.5) is 5.69 Å². The Morgan fingerprint density at radius 1 is 1.19 bits per heavy atom. The standard InChI is InChI=1S/C22H23N3O5S/c1-12-8-16-9-17(31(23,28)29)5-7-20(16)25(12)21(26)11-30-22(27)15-4-6-19-18(10-15)13(2)14(3)24-19/h4-7,9-10,12,24H,8,11H2,1-3H3,(H2,23,28,29). The second-order valence-electron chi connectivity index (χ2n) is 7.86. The lowest BCUT2D eigenvalue weighted by atomic mass is 10.1. The van der Waals surface area contributed by atoms with Crippen molar-refractivity contribution in [2.75, 3.05) is 11.5 Å². The highest BCUT2D eigenvalue weighted by atomic mass is 32.2. The van der Waals surface area contributed by atoms with Gasteiger partial charge in [0, 0.05) is 28.3 Å². The molecule has 0 saturated heterocycles. The molecule has 2 aromatic carbocycles. The Bertz CT molecular complexity index is 1330. The summed E-state index contributed by atoms with van der Waals surface area (Å²) in [6.45, 7) is 5.37. The van der Waals surface area contributed by atoms with Gasteiger partial charge in [-0.3, -0.25) is 4.79 Å². The second kappa shape index (κ2) is 7.51. The van der Waals surface area contributed by atoms with Crippen molar-refractivity contribution in [3.8, 4) is 0 Å². The van der Waals surface area contributed by atoms with Gasteiger partial charge >= 0.3 is 5.97 Å². The average Bonchev–Trinajstić information content (AvgIpc) is 3.19. The number of carbonyl (C=O) groups is 2. The number of primary sulfonamides is 1. The number of carbonyl (C=O) groups excluding carboxylic acids is 2. The predicted octanol–water partition coefficient (Wildman–Crippen LogP) is 2.57. The van der Waals surface area contributed by atoms with Crippen molar-refractivity contribution in [2.45, 2.75) is 38.1 Å². The summed E-state index contributed by atoms with van der Waals surface area (Å²) in [5.41, 5.74) is 4.70. The minimum absolute atomic E-state index is 0.00450. The summed E-state index contributed by atoms with van der Waals surface area (Å²) in [6, 6.07) is 9.44. The van der Waals surface area contributed by atoms with E-state index in [4.69, 9.17) is 9.88 Å². The van der Waals surface area contributed by atoms with Gasteiger partial charge in [-0.25, -0.2) is 18.4 Å². The van der Waals surface area contributed by atoms with E-state index >= 15 is 0 Å². The SMILES string of the molecule is Cc1[nH]c2ccc(C(=O)OCC(=O)N3c4ccc(S(N)(=O)=O)cc4CC3C)cc2c1C. The van der Waals surface area contributed by atoms with Gasteiger partial charge in [-0.15, -0.1) is 0 Å². The number of sulfonamides is 1. The van der Waals surface area contributed by atoms with Crippen LogP contribution in [0.25, 0.3) is 10.9 Å². The fourth-order valence-corrected chi connectivity index (χ4v) is 4.60. The molecule has 31 heavy (non-hydrogen) atoms. The van der Waals surface area contributed by atoms with Crippen LogP contribution >= 0.6 is 0 Å². The van der Waals surface area contributed by atoms with Crippen LogP contribution in [0.1, 0.15) is 34.1 Å². The number of anilines is 1. The largest absolute Gasteiger partial charge is 0.452 e. The number of aromatic nitrogens is 1. The van der Waals surface area contributed by atoms with E-state index in [1.165, 1.54) is 17.0 Å². The topological polar surface area (TPSA) is 123 Å². The number of esters is 1. The molecule has 1 aromatic heterocycles. The molecule has 0 spiro atoms. The third-order valence-electron chi connectivity index (χ3n) is 5.73. The van der Waals surface area contributed by atoms with Crippen molar-refractivity contribution in [3.63, 3.8) is 0 Å². The molecule has 1 atom stereocenters. The summed E-state index contributed by atoms with van der Waals surface area (Å²) in [5, 5.41) is 6.13. The molecule has 1 aliphatic rings. The molecule has 0 saturated carbocycles. The number of nitrogens with zero attached hydrogens (tertiary/aromatic N) is 1. The van der Waals surface area contributed by atoms with E-state index < -0.39 is 22.6 Å². The summed E-state index contributed by atoms with van der Waals surface area (Å²) in [5.74, 6) is -0.956. The van der Waals surface area contributed by atoms with Crippen LogP contribution in [0.3, 0.4) is 0 Å². The van der Waals surface area contributed by atoms with Gasteiger partial charge in [0.25, 0.3) is 5.91 Å². The number of aromatic amines is 1. The number of nitrogens with two attached hydrogens (primary N) is 1. The third-order valence-corrected chi connectivity index (χ3v) is 6.65. The van der Waals surface area contributed by atoms with Crippen LogP contribution in [0.15, 0.2) is 41.3 Å². The number of fused-ring (bicyclic) bond motifs is 2. The Balaban J connectivity index is 1.49. The smallest absolute Gasteiger partial charge is 0.338 e. The van der Waals surface area contributed by atoms with E-state index in [0.717, 1.165) is 22.2 Å². The summed E-state index contributed by atoms with van der Waals surface area (Å²) >= 11 is 0. The summed E-state index contributed by atoms with van der Waals surface area (Å²) in [4.78, 5) is 30.1. The van der Waals surface area contributed by atoms with Crippen LogP contribution in [-0.4, -0.2) is 37.9 Å². The van der Waals surface area contributed by atoms with Crippen molar-refractivity contribution in [1.29, 1.82) is 0 Å². The van der Waals surface area contributed by atoms with Gasteiger partial charge in [-0.2, -0.15) is 0 Å². The lowest BCUT2D eigenvalue weighted by Crippen LogP contribution is -2.38. The molecule has 2 heterocycles. The Morgan fingerprint density at radius 2 is 1.94 bits per heavy atom. The minimum Gasteiger partial charge on any atom is -0.452 e. The molecule has 0 fully saturated rings. The van der Waals surface area contributed by atoms with E-state index in [1.54, 1.807) is 18.2 Å². The normalized spacial score (nSPS) is 15.9. The van der Waals surface area contributed by atoms with Crippen LogP contribution in [0.2, 0.25) is 0 Å². The molecule has 162 valence electrons. The van der Waals surface area contributed by atoms with Crippen LogP contribution in [-0.2, 0) is 26.0 Å². The monoisotopic (exact) mass is 441 g/mol. The van der Waals surface area contributed by atoms with Gasteiger partial charge in [0.15, 0.2) is 6.61 Å². The molecular weight excluding hydrogens is 418 g/mol. The molecule has 0 aliphatic carbocycles. The number of amides is 1. The molecule has 0 radical (unpaired) electrons. The van der Waals surface area contributed by atoms with E-state index in [0.29, 0.717) is 23.2 Å². The zero-order valence-electron chi connectivity index (χ0n) is 17.4. The third kappa shape index (κ3) is 3.82. The van der Waals surface area contributed by atoms with E-state index in [-0.39, 0.29) is 16.8 Å². The molecule has 3 aromatic rings. The zero-order valence-corrected chi connectivity index (χ0v) is 18.2. The molecular formula is C22H23N3O5S. The highest BCUT2D eigenvalue weighted by Crippen LogP contribution is 2.33. The number of H-pyrrole nitrogens is 1. The van der Waals surface area contributed by atoms with E-state index in [9.17, 15) is 18.0 Å². The molecule has 1 unspecified atom stereocenters. The molecule has 3 N–H and O–H groups in total. The van der Waals surface area contributed by atoms with Gasteiger partial charge in [-0.1, -0.05) is 0 Å². The van der Waals surface area contributed by atoms with Crippen molar-refractivity contribution >= 4 is 38.5 Å². The van der Waals surface area contributed by atoms with Gasteiger partial charge in [0.1, 0.15) is 0 Å². The Kier molecular flexibility index (Phi) is 5.10. The molecule has 1 aliphatic heterocycles. The quantitative estimate of drug-likeness (QED) is 0.603. The first kappa shape index (κ1) is 21.1. The van der Waals surface area contributed by atoms with Crippen molar-refractivity contribution in [3.05, 3.63) is 58.8 Å². The summed E-state index contributed by atoms with van der Waals surface area (Å²) in [6.07, 6.45) is 0.487. The maximum Gasteiger partial charge on any atom is 0.338 e. The Morgan fingerprint density at radius 3 is 2.65 bits per heavy atom. The second-order valence-corrected chi connectivity index (χ2v) is 9.43. The lowest BCUT2D eigenvalue weighted by molar-refractivity contribution is -0.122. The first-order valence-electron chi connectivity index (χ1n) is 9.80. The number of hydrogen-bond acceptors (Lipinski definition) is 5. The van der Waals surface area contributed by atoms with Crippen molar-refractivity contribution < 1.29 is 22.7 Å². The minimum atomic E-state index is -3.82. The highest BCUT2D eigenvalue weighted by molar-refractivity contribution is 7.89. The number of hydrogen-bond donors (Lipinski definition) is 2. The van der Waals surface area contributed by atoms with Gasteiger partial charge in [-0.05, 0) is 74.7 Å². The molecule has 9 heteroatoms. The highest BCUT2D eigenvalue weighted by Gasteiger charge is 2.32.